The molecule has 11 atom stereocenters. The molecule has 2 heterocycles. The first kappa shape index (κ1) is 61.6. The number of carbonyl (C=O) groups excluding carboxylic acids is 2. The highest BCUT2D eigenvalue weighted by atomic mass is 16.7. The first-order valence-electron chi connectivity index (χ1n) is 26.3. The molecule has 4 unspecified atom stereocenters. The summed E-state index contributed by atoms with van der Waals surface area (Å²) in [6.07, 6.45) is 23.7. The number of hydrogen-bond donors (Lipinski definition) is 7. The van der Waals surface area contributed by atoms with Gasteiger partial charge in [0.2, 0.25) is 0 Å². The summed E-state index contributed by atoms with van der Waals surface area (Å²) in [4.78, 5) is 25.8. The van der Waals surface area contributed by atoms with Crippen LogP contribution in [-0.2, 0) is 38.0 Å². The van der Waals surface area contributed by atoms with E-state index in [-0.39, 0.29) is 19.4 Å². The molecule has 15 heteroatoms. The third-order valence-electron chi connectivity index (χ3n) is 12.4. The highest BCUT2D eigenvalue weighted by molar-refractivity contribution is 5.70. The number of allylic oxidation sites excluding steroid dienone is 5. The maximum atomic E-state index is 13.0. The van der Waals surface area contributed by atoms with Gasteiger partial charge in [-0.25, -0.2) is 0 Å². The molecule has 0 bridgehead atoms. The lowest BCUT2D eigenvalue weighted by Crippen LogP contribution is -2.61. The van der Waals surface area contributed by atoms with Crippen LogP contribution in [0.1, 0.15) is 187 Å². The third-order valence-corrected chi connectivity index (χ3v) is 12.4. The zero-order valence-corrected chi connectivity index (χ0v) is 41.6. The van der Waals surface area contributed by atoms with Crippen LogP contribution in [0.4, 0.5) is 0 Å². The predicted molar refractivity (Wildman–Crippen MR) is 260 cm³/mol. The molecule has 0 spiro atoms. The molecule has 0 aromatic rings. The molecule has 2 fully saturated rings. The van der Waals surface area contributed by atoms with E-state index >= 15 is 0 Å². The van der Waals surface area contributed by atoms with Gasteiger partial charge in [0.25, 0.3) is 0 Å². The van der Waals surface area contributed by atoms with Gasteiger partial charge in [-0.1, -0.05) is 128 Å². The van der Waals surface area contributed by atoms with Crippen molar-refractivity contribution in [3.05, 3.63) is 42.2 Å². The second-order valence-corrected chi connectivity index (χ2v) is 18.4. The van der Waals surface area contributed by atoms with Gasteiger partial charge >= 0.3 is 11.9 Å². The fourth-order valence-corrected chi connectivity index (χ4v) is 7.99. The van der Waals surface area contributed by atoms with Gasteiger partial charge in [0.05, 0.1) is 19.8 Å². The molecule has 0 aromatic carbocycles. The van der Waals surface area contributed by atoms with Crippen molar-refractivity contribution in [2.24, 2.45) is 0 Å². The minimum atomic E-state index is -1.77. The third kappa shape index (κ3) is 27.8. The Kier molecular flexibility index (Phi) is 36.4. The van der Waals surface area contributed by atoms with Gasteiger partial charge in [-0.05, 0) is 82.8 Å². The molecule has 0 saturated carbocycles. The second kappa shape index (κ2) is 40.1. The second-order valence-electron chi connectivity index (χ2n) is 18.4. The molecule has 0 aliphatic carbocycles. The number of aliphatic hydroxyl groups is 7. The standard InChI is InChI=1S/C53H92O15/c1-3-5-7-9-11-13-15-17-19-20-22-24-26-28-30-32-34-36-45(56)66-41(38-63-44(55)35-33-31-29-27-25-23-21-18-16-14-12-10-8-6-4-2)39-64-52-51(62)49(60)47(58)43(68-52)40-65-53-50(61)48(59)46(57)42(37-54)67-53/h11,13,16-17,19,21,41-43,46-54,57-62H,3-10,12,14-15,20,22-40H2,1-2H3/b13-11+,19-17+/t18?,41-,42+,43+,46-,47-,48?,49?,50?,51?,52+,53+/m1/s1. The molecule has 2 saturated heterocycles. The number of hydrogen-bond acceptors (Lipinski definition) is 15. The minimum Gasteiger partial charge on any atom is -0.462 e. The smallest absolute Gasteiger partial charge is 0.306 e. The molecule has 7 N–H and O–H groups in total. The van der Waals surface area contributed by atoms with Gasteiger partial charge in [-0.15, -0.1) is 5.73 Å². The Morgan fingerprint density at radius 2 is 0.971 bits per heavy atom. The molecular formula is C53H92O15. The van der Waals surface area contributed by atoms with Crippen LogP contribution in [0.2, 0.25) is 0 Å². The number of ether oxygens (including phenoxy) is 6. The SMILES string of the molecule is CCCCC/C=C/C/C=C/CCCCCCCCCC(=O)O[C@H](COC(=O)CCCCCCCC=C=CCCCCCCC)CO[C@H]1O[C@@H](CO[C@H]2O[C@@H](CO)[C@@H](O)C(O)C2O)[C@@H](O)C(O)C1O. The molecule has 0 radical (unpaired) electrons. The topological polar surface area (TPSA) is 231 Å². The van der Waals surface area contributed by atoms with Crippen LogP contribution < -0.4 is 0 Å². The van der Waals surface area contributed by atoms with E-state index in [1.165, 1.54) is 51.4 Å². The lowest BCUT2D eigenvalue weighted by Gasteiger charge is -2.42. The van der Waals surface area contributed by atoms with Crippen LogP contribution in [0.15, 0.2) is 42.2 Å². The monoisotopic (exact) mass is 969 g/mol. The number of aliphatic hydroxyl groups excluding tert-OH is 7. The molecular weight excluding hydrogens is 877 g/mol. The Hall–Kier alpha value is -2.50. The largest absolute Gasteiger partial charge is 0.462 e. The van der Waals surface area contributed by atoms with Gasteiger partial charge < -0.3 is 64.2 Å². The first-order valence-corrected chi connectivity index (χ1v) is 26.3. The molecule has 2 aliphatic heterocycles. The van der Waals surface area contributed by atoms with Crippen LogP contribution >= 0.6 is 0 Å². The maximum absolute atomic E-state index is 13.0. The highest BCUT2D eigenvalue weighted by Crippen LogP contribution is 2.26. The zero-order chi connectivity index (χ0) is 49.6. The van der Waals surface area contributed by atoms with Crippen LogP contribution in [0.3, 0.4) is 0 Å². The van der Waals surface area contributed by atoms with E-state index in [9.17, 15) is 45.3 Å². The van der Waals surface area contributed by atoms with Crippen molar-refractivity contribution in [2.75, 3.05) is 26.4 Å². The van der Waals surface area contributed by atoms with Crippen molar-refractivity contribution in [1.29, 1.82) is 0 Å². The predicted octanol–water partition coefficient (Wildman–Crippen LogP) is 7.48. The van der Waals surface area contributed by atoms with E-state index < -0.39 is 99.3 Å². The Bertz CT molecular complexity index is 1380. The molecule has 2 aliphatic rings. The first-order chi connectivity index (χ1) is 33.0. The van der Waals surface area contributed by atoms with E-state index in [1.807, 2.05) is 0 Å². The fraction of sp³-hybridized carbons (Fsp3) is 0.830. The molecule has 0 amide bonds. The normalized spacial score (nSPS) is 25.7. The Labute approximate surface area is 408 Å². The summed E-state index contributed by atoms with van der Waals surface area (Å²) in [5, 5.41) is 72.1. The van der Waals surface area contributed by atoms with Crippen molar-refractivity contribution < 1.29 is 73.8 Å². The van der Waals surface area contributed by atoms with Gasteiger partial charge in [0.1, 0.15) is 55.4 Å². The van der Waals surface area contributed by atoms with Crippen molar-refractivity contribution in [3.8, 4) is 0 Å². The van der Waals surface area contributed by atoms with Crippen molar-refractivity contribution in [3.63, 3.8) is 0 Å². The molecule has 15 nitrogen and oxygen atoms in total. The van der Waals surface area contributed by atoms with E-state index in [0.717, 1.165) is 96.3 Å². The van der Waals surface area contributed by atoms with Crippen LogP contribution in [0, 0.1) is 0 Å². The van der Waals surface area contributed by atoms with Crippen LogP contribution in [0.5, 0.6) is 0 Å². The quantitative estimate of drug-likeness (QED) is 0.0137. The molecule has 0 aromatic heterocycles. The van der Waals surface area contributed by atoms with E-state index in [4.69, 9.17) is 28.4 Å². The van der Waals surface area contributed by atoms with E-state index in [2.05, 4.69) is 56.0 Å². The van der Waals surface area contributed by atoms with Crippen molar-refractivity contribution >= 4 is 11.9 Å². The molecule has 68 heavy (non-hydrogen) atoms. The Balaban J connectivity index is 1.82. The summed E-state index contributed by atoms with van der Waals surface area (Å²) in [6.45, 7) is 2.52. The number of rotatable bonds is 40. The van der Waals surface area contributed by atoms with Gasteiger partial charge in [0.15, 0.2) is 18.7 Å². The van der Waals surface area contributed by atoms with E-state index in [0.29, 0.717) is 12.8 Å². The average Bonchev–Trinajstić information content (AvgIpc) is 3.33. The number of unbranched alkanes of at least 4 members (excludes halogenated alkanes) is 20. The molecule has 394 valence electrons. The van der Waals surface area contributed by atoms with Crippen molar-refractivity contribution in [1.82, 2.24) is 0 Å². The summed E-state index contributed by atoms with van der Waals surface area (Å²) in [7, 11) is 0. The molecule has 2 rings (SSSR count). The van der Waals surface area contributed by atoms with Gasteiger partial charge in [-0.2, -0.15) is 0 Å². The number of esters is 2. The Morgan fingerprint density at radius 3 is 1.54 bits per heavy atom. The zero-order valence-electron chi connectivity index (χ0n) is 41.6. The minimum absolute atomic E-state index is 0.151. The van der Waals surface area contributed by atoms with Crippen LogP contribution in [-0.4, -0.2) is 142 Å². The van der Waals surface area contributed by atoms with Crippen LogP contribution in [0.25, 0.3) is 0 Å². The lowest BCUT2D eigenvalue weighted by molar-refractivity contribution is -0.332. The number of carbonyl (C=O) groups is 2. The summed E-state index contributed by atoms with van der Waals surface area (Å²) >= 11 is 0. The average molecular weight is 969 g/mol. The summed E-state index contributed by atoms with van der Waals surface area (Å²) in [5.41, 5.74) is 3.29. The van der Waals surface area contributed by atoms with E-state index in [1.54, 1.807) is 0 Å². The Morgan fingerprint density at radius 1 is 0.515 bits per heavy atom. The highest BCUT2D eigenvalue weighted by Gasteiger charge is 2.47. The van der Waals surface area contributed by atoms with Gasteiger partial charge in [-0.3, -0.25) is 9.59 Å². The van der Waals surface area contributed by atoms with Crippen molar-refractivity contribution in [2.45, 2.75) is 255 Å². The summed E-state index contributed by atoms with van der Waals surface area (Å²) < 4.78 is 33.6. The summed E-state index contributed by atoms with van der Waals surface area (Å²) in [6, 6.07) is 0. The summed E-state index contributed by atoms with van der Waals surface area (Å²) in [5.74, 6) is -0.954. The lowest BCUT2D eigenvalue weighted by atomic mass is 9.98. The van der Waals surface area contributed by atoms with Gasteiger partial charge in [0, 0.05) is 12.8 Å². The maximum Gasteiger partial charge on any atom is 0.306 e. The fourth-order valence-electron chi connectivity index (χ4n) is 7.99.